The predicted molar refractivity (Wildman–Crippen MR) is 244 cm³/mol. The van der Waals surface area contributed by atoms with Gasteiger partial charge in [0.05, 0.1) is 6.42 Å². The van der Waals surface area contributed by atoms with E-state index in [1.807, 2.05) is 17.1 Å². The van der Waals surface area contributed by atoms with E-state index < -0.39 is 156 Å². The molecule has 4 heterocycles. The number of amides is 1. The van der Waals surface area contributed by atoms with Crippen LogP contribution in [0.25, 0.3) is 0 Å². The molecule has 3 fully saturated rings. The normalized spacial score (nSPS) is 28.8. The predicted octanol–water partition coefficient (Wildman–Crippen LogP) is -1.03. The molecule has 0 radical (unpaired) electrons. The number of H-pyrrole nitrogens is 1. The van der Waals surface area contributed by atoms with E-state index in [4.69, 9.17) is 29.4 Å². The minimum Gasteiger partial charge on any atom is -0.481 e. The van der Waals surface area contributed by atoms with Gasteiger partial charge in [0.2, 0.25) is 5.91 Å². The van der Waals surface area contributed by atoms with Crippen LogP contribution < -0.4 is 17.0 Å². The molecule has 0 saturated carbocycles. The summed E-state index contributed by atoms with van der Waals surface area (Å²) < 4.78 is 67.9. The lowest BCUT2D eigenvalue weighted by Gasteiger charge is -2.38. The summed E-state index contributed by atoms with van der Waals surface area (Å²) in [5.74, 6) is -6.37. The van der Waals surface area contributed by atoms with Crippen LogP contribution in [0.15, 0.2) is 46.2 Å². The number of ether oxygens (including phenoxy) is 5. The zero-order valence-electron chi connectivity index (χ0n) is 39.9. The number of hydrogen-bond donors (Lipinski definition) is 8. The number of allylic oxidation sites excluding steroid dienone is 4. The van der Waals surface area contributed by atoms with Gasteiger partial charge in [-0.2, -0.15) is 8.42 Å². The molecule has 9 N–H and O–H groups in total. The maximum absolute atomic E-state index is 14.7. The maximum Gasteiger partial charge on any atom is 0.397 e. The van der Waals surface area contributed by atoms with Crippen LogP contribution in [-0.2, 0) is 62.2 Å². The average molecular weight is 1030 g/mol. The molecule has 6 unspecified atom stereocenters. The Balaban J connectivity index is 1.64. The van der Waals surface area contributed by atoms with Gasteiger partial charge in [0.15, 0.2) is 24.7 Å². The molecule has 3 aliphatic heterocycles. The number of rotatable bonds is 27. The molecule has 14 atom stereocenters. The van der Waals surface area contributed by atoms with Crippen LogP contribution in [0.4, 0.5) is 0 Å². The summed E-state index contributed by atoms with van der Waals surface area (Å²) in [6.45, 7) is 2.55. The smallest absolute Gasteiger partial charge is 0.397 e. The second-order valence-corrected chi connectivity index (χ2v) is 18.9. The maximum atomic E-state index is 14.7. The van der Waals surface area contributed by atoms with Crippen LogP contribution in [0.1, 0.15) is 90.7 Å². The van der Waals surface area contributed by atoms with Gasteiger partial charge in [-0.15, -0.1) is 0 Å². The fourth-order valence-electron chi connectivity index (χ4n) is 8.59. The molecule has 0 aromatic carbocycles. The summed E-state index contributed by atoms with van der Waals surface area (Å²) >= 11 is 0. The van der Waals surface area contributed by atoms with Crippen molar-refractivity contribution >= 4 is 40.2 Å². The van der Waals surface area contributed by atoms with Crippen molar-refractivity contribution in [1.29, 1.82) is 0 Å². The Hall–Kier alpha value is -4.94. The van der Waals surface area contributed by atoms with Crippen LogP contribution in [0.5, 0.6) is 0 Å². The van der Waals surface area contributed by atoms with E-state index in [-0.39, 0.29) is 19.3 Å². The number of aliphatic hydroxyl groups excluding tert-OH is 3. The molecular formula is C44H67N5O21S. The number of nitrogens with zero attached hydrogens (tertiary/aromatic N) is 3. The molecule has 3 saturated heterocycles. The quantitative estimate of drug-likeness (QED) is 0.0226. The van der Waals surface area contributed by atoms with Crippen molar-refractivity contribution < 1.29 is 90.3 Å². The second kappa shape index (κ2) is 27.2. The SMILES string of the molecule is CCC/C=C/CCCC/C=C/CCC(CC(=O)OC1CN(C)C([C@@H](O[C@@H]2O[C@H](CN)[C@@H](O)[C@H]2OS(=O)(=O)O)C2O[C@@H](n3ccc(=O)[nH]c3=O)[C@H](O)[C@@H]2O)C(=O)N(C)C1C(=O)O)OC(=O)CC(C)CC(=O)O. The Morgan fingerprint density at radius 2 is 1.56 bits per heavy atom. The molecule has 1 aromatic rings. The number of carboxylic acids is 2. The summed E-state index contributed by atoms with van der Waals surface area (Å²) in [6.07, 6.45) is -6.20. The van der Waals surface area contributed by atoms with Crippen LogP contribution in [0.3, 0.4) is 0 Å². The topological polar surface area (TPSA) is 384 Å². The monoisotopic (exact) mass is 1030 g/mol. The summed E-state index contributed by atoms with van der Waals surface area (Å²) in [4.78, 5) is 94.2. The third-order valence-corrected chi connectivity index (χ3v) is 12.6. The number of unbranched alkanes of at least 4 members (excludes halogenated alkanes) is 4. The molecule has 0 spiro atoms. The van der Waals surface area contributed by atoms with E-state index in [0.717, 1.165) is 62.7 Å². The van der Waals surface area contributed by atoms with Gasteiger partial charge >= 0.3 is 40.0 Å². The second-order valence-electron chi connectivity index (χ2n) is 17.8. The number of carboxylic acid groups (broad SMARTS) is 2. The Kier molecular flexibility index (Phi) is 22.5. The number of aliphatic carboxylic acids is 2. The number of aromatic amines is 1. The van der Waals surface area contributed by atoms with E-state index in [9.17, 15) is 72.1 Å². The Labute approximate surface area is 409 Å². The van der Waals surface area contributed by atoms with Gasteiger partial charge in [0.25, 0.3) is 5.56 Å². The van der Waals surface area contributed by atoms with Crippen molar-refractivity contribution in [2.45, 2.75) is 164 Å². The molecule has 26 nitrogen and oxygen atoms in total. The van der Waals surface area contributed by atoms with E-state index in [1.165, 1.54) is 14.0 Å². The first-order valence-corrected chi connectivity index (χ1v) is 24.6. The first kappa shape index (κ1) is 58.6. The molecule has 1 amide bonds. The van der Waals surface area contributed by atoms with Crippen molar-refractivity contribution in [1.82, 2.24) is 19.4 Å². The van der Waals surface area contributed by atoms with Crippen molar-refractivity contribution in [2.24, 2.45) is 11.7 Å². The van der Waals surface area contributed by atoms with Crippen molar-refractivity contribution in [3.05, 3.63) is 57.4 Å². The molecule has 27 heteroatoms. The first-order chi connectivity index (χ1) is 33.5. The molecule has 71 heavy (non-hydrogen) atoms. The van der Waals surface area contributed by atoms with Crippen LogP contribution >= 0.6 is 0 Å². The highest BCUT2D eigenvalue weighted by Gasteiger charge is 2.58. The number of hydrogen-bond acceptors (Lipinski definition) is 20. The number of carbonyl (C=O) groups excluding carboxylic acids is 3. The van der Waals surface area contributed by atoms with E-state index in [2.05, 4.69) is 23.3 Å². The largest absolute Gasteiger partial charge is 0.481 e. The van der Waals surface area contributed by atoms with Crippen LogP contribution in [0, 0.1) is 5.92 Å². The lowest BCUT2D eigenvalue weighted by Crippen LogP contribution is -2.60. The minimum absolute atomic E-state index is 0.115. The van der Waals surface area contributed by atoms with Crippen LogP contribution in [-0.4, -0.2) is 188 Å². The van der Waals surface area contributed by atoms with E-state index in [0.29, 0.717) is 15.9 Å². The molecular weight excluding hydrogens is 967 g/mol. The zero-order chi connectivity index (χ0) is 52.7. The number of aliphatic hydroxyl groups is 3. The standard InChI is InChI=1S/C44H67N5O21S/c1-5-6-7-8-9-10-11-12-13-14-15-16-25(65-30(53)20-24(2)19-29(51)52)21-31(54)66-27-23-47(3)33(40(58)48(4)32(27)42(59)60)37(69-43-39(70-71(62,63)64)34(55)26(22-45)67-43)38-35(56)36(57)41(68-38)49-18-17-28(50)46-44(49)61/h7-8,13-14,17-18,24-27,32-39,41,43,55-57H,5-6,9-12,15-16,19-23,45H2,1-4H3,(H,51,52)(H,59,60)(H,46,50,61)(H,62,63,64)/b8-7+,14-13+/t24?,25?,26-,27?,32?,33?,34-,35+,36-,37-,38?,39-,41-,43+/m1/s1. The molecule has 0 bridgehead atoms. The summed E-state index contributed by atoms with van der Waals surface area (Å²) in [7, 11) is -3.09. The van der Waals surface area contributed by atoms with Crippen LogP contribution in [0.2, 0.25) is 0 Å². The summed E-state index contributed by atoms with van der Waals surface area (Å²) in [5.41, 5.74) is 3.78. The Bertz CT molecular complexity index is 2260. The van der Waals surface area contributed by atoms with E-state index in [1.54, 1.807) is 0 Å². The lowest BCUT2D eigenvalue weighted by atomic mass is 9.97. The molecule has 400 valence electrons. The van der Waals surface area contributed by atoms with E-state index >= 15 is 0 Å². The van der Waals surface area contributed by atoms with Gasteiger partial charge in [-0.3, -0.25) is 43.0 Å². The molecule has 3 aliphatic rings. The molecule has 1 aromatic heterocycles. The third-order valence-electron chi connectivity index (χ3n) is 12.1. The van der Waals surface area contributed by atoms with Crippen molar-refractivity contribution in [2.75, 3.05) is 27.2 Å². The third kappa shape index (κ3) is 16.8. The number of nitrogens with two attached hydrogens (primary N) is 1. The van der Waals surface area contributed by atoms with Crippen molar-refractivity contribution in [3.8, 4) is 0 Å². The average Bonchev–Trinajstić information content (AvgIpc) is 3.69. The summed E-state index contributed by atoms with van der Waals surface area (Å²) in [5, 5.41) is 53.4. The van der Waals surface area contributed by atoms with Gasteiger partial charge < -0.3 is 59.9 Å². The number of esters is 2. The number of nitrogens with one attached hydrogen (secondary N) is 1. The molecule has 0 aliphatic carbocycles. The van der Waals surface area contributed by atoms with Crippen molar-refractivity contribution in [3.63, 3.8) is 0 Å². The summed E-state index contributed by atoms with van der Waals surface area (Å²) in [6, 6.07) is -2.91. The minimum atomic E-state index is -5.37. The fraction of sp³-hybridized carbons (Fsp3) is 0.705. The van der Waals surface area contributed by atoms with Gasteiger partial charge in [0.1, 0.15) is 54.9 Å². The zero-order valence-corrected chi connectivity index (χ0v) is 40.7. The first-order valence-electron chi connectivity index (χ1n) is 23.3. The number of aromatic nitrogens is 2. The van der Waals surface area contributed by atoms with Gasteiger partial charge in [0, 0.05) is 45.2 Å². The molecule has 4 rings (SSSR count). The van der Waals surface area contributed by atoms with Gasteiger partial charge in [-0.05, 0) is 57.9 Å². The van der Waals surface area contributed by atoms with Gasteiger partial charge in [-0.1, -0.05) is 44.6 Å². The Morgan fingerprint density at radius 1 is 0.915 bits per heavy atom. The highest BCUT2D eigenvalue weighted by atomic mass is 32.3. The fourth-order valence-corrected chi connectivity index (χ4v) is 9.07. The lowest BCUT2D eigenvalue weighted by molar-refractivity contribution is -0.230. The van der Waals surface area contributed by atoms with Gasteiger partial charge in [-0.25, -0.2) is 13.8 Å². The number of carbonyl (C=O) groups is 5. The highest BCUT2D eigenvalue weighted by molar-refractivity contribution is 7.80. The highest BCUT2D eigenvalue weighted by Crippen LogP contribution is 2.37. The Morgan fingerprint density at radius 3 is 2.15 bits per heavy atom. The number of likely N-dealkylation sites (N-methyl/N-ethyl adjacent to an activating group) is 2.